The van der Waals surface area contributed by atoms with E-state index in [2.05, 4.69) is 40.5 Å². The first-order chi connectivity index (χ1) is 16.4. The van der Waals surface area contributed by atoms with Crippen LogP contribution >= 0.6 is 0 Å². The lowest BCUT2D eigenvalue weighted by Gasteiger charge is -2.36. The molecule has 0 spiro atoms. The Morgan fingerprint density at radius 3 is 2.49 bits per heavy atom. The van der Waals surface area contributed by atoms with Crippen LogP contribution in [0.1, 0.15) is 51.2 Å². The number of hydrogen-bond donors (Lipinski definition) is 2. The molecule has 2 heterocycles. The molecule has 2 aromatic rings. The van der Waals surface area contributed by atoms with Crippen LogP contribution in [-0.2, 0) is 21.4 Å². The van der Waals surface area contributed by atoms with E-state index >= 15 is 0 Å². The number of alkyl halides is 2. The number of rotatable bonds is 6. The SMILES string of the molecule is CC(C)(C)C1Cc2cc(NC(=O)C3(c4ccc5c(c4)OC(F)(F)O5)CC3)ccc2N1CCC(=O)O. The van der Waals surface area contributed by atoms with Crippen molar-refractivity contribution in [1.82, 2.24) is 0 Å². The van der Waals surface area contributed by atoms with Gasteiger partial charge in [0.2, 0.25) is 5.91 Å². The summed E-state index contributed by atoms with van der Waals surface area (Å²) in [5, 5.41) is 12.2. The van der Waals surface area contributed by atoms with Gasteiger partial charge in [0.15, 0.2) is 11.5 Å². The first-order valence-corrected chi connectivity index (χ1v) is 11.7. The number of carboxylic acids is 1. The van der Waals surface area contributed by atoms with Crippen molar-refractivity contribution in [2.75, 3.05) is 16.8 Å². The summed E-state index contributed by atoms with van der Waals surface area (Å²) in [5.41, 5.74) is 2.46. The Balaban J connectivity index is 1.35. The highest BCUT2D eigenvalue weighted by Gasteiger charge is 2.53. The summed E-state index contributed by atoms with van der Waals surface area (Å²) in [6, 6.07) is 10.3. The zero-order valence-electron chi connectivity index (χ0n) is 19.9. The van der Waals surface area contributed by atoms with Gasteiger partial charge in [0.05, 0.1) is 11.8 Å². The third-order valence-corrected chi connectivity index (χ3v) is 7.14. The maximum absolute atomic E-state index is 13.4. The summed E-state index contributed by atoms with van der Waals surface area (Å²) >= 11 is 0. The molecule has 2 aromatic carbocycles. The van der Waals surface area contributed by atoms with Gasteiger partial charge in [0.1, 0.15) is 0 Å². The van der Waals surface area contributed by atoms with Crippen LogP contribution in [-0.4, -0.2) is 35.9 Å². The van der Waals surface area contributed by atoms with E-state index in [-0.39, 0.29) is 35.3 Å². The number of aliphatic carboxylic acids is 1. The second kappa shape index (κ2) is 7.83. The van der Waals surface area contributed by atoms with Crippen LogP contribution in [0.4, 0.5) is 20.2 Å². The molecule has 1 saturated carbocycles. The number of nitrogens with zero attached hydrogens (tertiary/aromatic N) is 1. The molecular formula is C26H28F2N2O5. The van der Waals surface area contributed by atoms with Crippen LogP contribution in [0.2, 0.25) is 0 Å². The van der Waals surface area contributed by atoms with Crippen molar-refractivity contribution in [3.63, 3.8) is 0 Å². The Bertz CT molecular complexity index is 1200. The highest BCUT2D eigenvalue weighted by molar-refractivity contribution is 6.01. The number of carboxylic acid groups (broad SMARTS) is 1. The van der Waals surface area contributed by atoms with E-state index in [4.69, 9.17) is 0 Å². The molecule has 35 heavy (non-hydrogen) atoms. The Kier molecular flexibility index (Phi) is 5.23. The van der Waals surface area contributed by atoms with E-state index in [9.17, 15) is 23.5 Å². The first kappa shape index (κ1) is 23.4. The van der Waals surface area contributed by atoms with Gasteiger partial charge >= 0.3 is 12.3 Å². The van der Waals surface area contributed by atoms with Gasteiger partial charge in [-0.1, -0.05) is 26.8 Å². The molecular weight excluding hydrogens is 458 g/mol. The number of carbonyl (C=O) groups is 2. The zero-order chi connectivity index (χ0) is 25.2. The van der Waals surface area contributed by atoms with Gasteiger partial charge in [-0.05, 0) is 66.1 Å². The largest absolute Gasteiger partial charge is 0.586 e. The molecule has 2 N–H and O–H groups in total. The van der Waals surface area contributed by atoms with Gasteiger partial charge in [-0.15, -0.1) is 8.78 Å². The third kappa shape index (κ3) is 4.28. The summed E-state index contributed by atoms with van der Waals surface area (Å²) in [6.07, 6.45) is -1.68. The Labute approximate surface area is 202 Å². The van der Waals surface area contributed by atoms with Gasteiger partial charge in [-0.25, -0.2) is 0 Å². The summed E-state index contributed by atoms with van der Waals surface area (Å²) in [5.74, 6) is -1.15. The molecule has 7 nitrogen and oxygen atoms in total. The monoisotopic (exact) mass is 486 g/mol. The van der Waals surface area contributed by atoms with Gasteiger partial charge in [0.25, 0.3) is 0 Å². The normalized spacial score (nSPS) is 20.9. The number of benzene rings is 2. The van der Waals surface area contributed by atoms with Crippen molar-refractivity contribution in [3.05, 3.63) is 47.5 Å². The van der Waals surface area contributed by atoms with Crippen LogP contribution in [0.15, 0.2) is 36.4 Å². The molecule has 1 atom stereocenters. The average molecular weight is 487 g/mol. The highest BCUT2D eigenvalue weighted by atomic mass is 19.3. The average Bonchev–Trinajstić information content (AvgIpc) is 3.39. The van der Waals surface area contributed by atoms with E-state index in [1.807, 2.05) is 18.2 Å². The fourth-order valence-corrected chi connectivity index (χ4v) is 5.13. The van der Waals surface area contributed by atoms with Crippen molar-refractivity contribution in [2.24, 2.45) is 5.41 Å². The molecule has 186 valence electrons. The molecule has 1 aliphatic carbocycles. The molecule has 9 heteroatoms. The van der Waals surface area contributed by atoms with E-state index in [1.54, 1.807) is 6.07 Å². The molecule has 3 aliphatic rings. The fourth-order valence-electron chi connectivity index (χ4n) is 5.13. The molecule has 1 unspecified atom stereocenters. The molecule has 1 amide bonds. The van der Waals surface area contributed by atoms with Gasteiger partial charge in [0, 0.05) is 24.0 Å². The van der Waals surface area contributed by atoms with Crippen LogP contribution in [0, 0.1) is 5.41 Å². The third-order valence-electron chi connectivity index (χ3n) is 7.14. The smallest absolute Gasteiger partial charge is 0.481 e. The van der Waals surface area contributed by atoms with Gasteiger partial charge < -0.3 is 24.8 Å². The number of anilines is 2. The van der Waals surface area contributed by atoms with E-state index in [0.717, 1.165) is 17.7 Å². The zero-order valence-corrected chi connectivity index (χ0v) is 19.9. The molecule has 0 radical (unpaired) electrons. The number of ether oxygens (including phenoxy) is 2. The molecule has 0 aromatic heterocycles. The lowest BCUT2D eigenvalue weighted by atomic mass is 9.84. The van der Waals surface area contributed by atoms with E-state index in [1.165, 1.54) is 12.1 Å². The minimum absolute atomic E-state index is 0.0468. The van der Waals surface area contributed by atoms with Gasteiger partial charge in [-0.2, -0.15) is 0 Å². The standard InChI is InChI=1S/C26H28F2N2O5/c1-24(2,3)21-13-15-12-17(5-6-18(15)30(21)11-8-22(31)32)29-23(33)25(9-10-25)16-4-7-19-20(14-16)35-26(27,28)34-19/h4-7,12,14,21H,8-11,13H2,1-3H3,(H,29,33)(H,31,32). The van der Waals surface area contributed by atoms with Crippen LogP contribution in [0.25, 0.3) is 0 Å². The number of halogens is 2. The summed E-state index contributed by atoms with van der Waals surface area (Å²) in [6.45, 7) is 6.83. The summed E-state index contributed by atoms with van der Waals surface area (Å²) in [7, 11) is 0. The number of fused-ring (bicyclic) bond motifs is 2. The lowest BCUT2D eigenvalue weighted by molar-refractivity contribution is -0.286. The Hall–Kier alpha value is -3.36. The minimum atomic E-state index is -3.70. The fraction of sp³-hybridized carbons (Fsp3) is 0.462. The summed E-state index contributed by atoms with van der Waals surface area (Å²) in [4.78, 5) is 26.6. The topological polar surface area (TPSA) is 88.1 Å². The number of nitrogens with one attached hydrogen (secondary N) is 1. The maximum Gasteiger partial charge on any atom is 0.586 e. The van der Waals surface area contributed by atoms with Crippen molar-refractivity contribution in [2.45, 2.75) is 64.2 Å². The van der Waals surface area contributed by atoms with E-state index < -0.39 is 17.7 Å². The minimum Gasteiger partial charge on any atom is -0.481 e. The molecule has 1 fully saturated rings. The first-order valence-electron chi connectivity index (χ1n) is 11.7. The Morgan fingerprint density at radius 1 is 1.11 bits per heavy atom. The number of carbonyl (C=O) groups excluding carboxylic acids is 1. The van der Waals surface area contributed by atoms with E-state index in [0.29, 0.717) is 30.6 Å². The van der Waals surface area contributed by atoms with Crippen molar-refractivity contribution in [1.29, 1.82) is 0 Å². The molecule has 0 bridgehead atoms. The lowest BCUT2D eigenvalue weighted by Crippen LogP contribution is -2.42. The quantitative estimate of drug-likeness (QED) is 0.602. The molecule has 5 rings (SSSR count). The number of hydrogen-bond acceptors (Lipinski definition) is 5. The second-order valence-corrected chi connectivity index (χ2v) is 10.6. The maximum atomic E-state index is 13.4. The second-order valence-electron chi connectivity index (χ2n) is 10.6. The highest BCUT2D eigenvalue weighted by Crippen LogP contribution is 2.52. The Morgan fingerprint density at radius 2 is 1.83 bits per heavy atom. The van der Waals surface area contributed by atoms with Crippen molar-refractivity contribution in [3.8, 4) is 11.5 Å². The predicted molar refractivity (Wildman–Crippen MR) is 125 cm³/mol. The number of amides is 1. The van der Waals surface area contributed by atoms with Crippen molar-refractivity contribution >= 4 is 23.3 Å². The van der Waals surface area contributed by atoms with Gasteiger partial charge in [-0.3, -0.25) is 9.59 Å². The molecule has 0 saturated heterocycles. The van der Waals surface area contributed by atoms with Crippen LogP contribution in [0.3, 0.4) is 0 Å². The van der Waals surface area contributed by atoms with Crippen LogP contribution in [0.5, 0.6) is 11.5 Å². The van der Waals surface area contributed by atoms with Crippen LogP contribution < -0.4 is 19.7 Å². The summed E-state index contributed by atoms with van der Waals surface area (Å²) < 4.78 is 35.8. The van der Waals surface area contributed by atoms with Crippen molar-refractivity contribution < 1.29 is 33.0 Å². The molecule has 2 aliphatic heterocycles. The predicted octanol–water partition coefficient (Wildman–Crippen LogP) is 4.93.